The van der Waals surface area contributed by atoms with E-state index in [-0.39, 0.29) is 12.2 Å². The molecule has 0 radical (unpaired) electrons. The minimum Gasteiger partial charge on any atom is -0.321 e. The van der Waals surface area contributed by atoms with Crippen LogP contribution in [0, 0.1) is 0 Å². The Hall–Kier alpha value is -4.53. The van der Waals surface area contributed by atoms with Crippen molar-refractivity contribution in [2.75, 3.05) is 5.32 Å². The van der Waals surface area contributed by atoms with E-state index in [4.69, 9.17) is 4.98 Å². The van der Waals surface area contributed by atoms with Gasteiger partial charge in [-0.05, 0) is 91.0 Å². The fraction of sp³-hybridized carbons (Fsp3) is 0.314. The molecule has 0 spiro atoms. The molecular weight excluding hydrogens is 563 g/mol. The number of hydrogen-bond donors (Lipinski definition) is 1. The first-order chi connectivity index (χ1) is 21.2. The van der Waals surface area contributed by atoms with Gasteiger partial charge in [0.1, 0.15) is 0 Å². The van der Waals surface area contributed by atoms with E-state index in [1.54, 1.807) is 18.5 Å². The summed E-state index contributed by atoms with van der Waals surface area (Å²) in [6, 6.07) is 17.9. The van der Waals surface area contributed by atoms with Crippen molar-refractivity contribution in [2.45, 2.75) is 68.5 Å². The summed E-state index contributed by atoms with van der Waals surface area (Å²) in [4.78, 5) is 22.9. The standard InChI is InChI=1S/C35H30F3N5O/c36-35(37,38)26-3-1-2-25(16-26)34(12-13-34)17-32(44)23-6-10-29(21-4-5-21)30(15-23)22-7-11-31-24(14-22)18-39-33(42-31)41-27-19-40-43(20-27)28-8-9-28/h1-3,6-7,10-11,14-16,18-21,28H,4-5,8-9,12-13,17H2,(H,39,41,42). The third kappa shape index (κ3) is 5.25. The van der Waals surface area contributed by atoms with Crippen LogP contribution in [0.5, 0.6) is 0 Å². The molecule has 0 unspecified atom stereocenters. The van der Waals surface area contributed by atoms with Crippen LogP contribution in [0.3, 0.4) is 0 Å². The number of fused-ring (bicyclic) bond motifs is 1. The van der Waals surface area contributed by atoms with Crippen molar-refractivity contribution in [3.8, 4) is 11.1 Å². The highest BCUT2D eigenvalue weighted by Gasteiger charge is 2.46. The van der Waals surface area contributed by atoms with Crippen molar-refractivity contribution in [1.82, 2.24) is 19.7 Å². The van der Waals surface area contributed by atoms with Crippen molar-refractivity contribution >= 4 is 28.3 Å². The monoisotopic (exact) mass is 593 g/mol. The molecule has 0 aliphatic heterocycles. The lowest BCUT2D eigenvalue weighted by Gasteiger charge is -2.18. The zero-order valence-corrected chi connectivity index (χ0v) is 23.9. The van der Waals surface area contributed by atoms with Crippen LogP contribution in [0.4, 0.5) is 24.8 Å². The third-order valence-corrected chi connectivity index (χ3v) is 9.22. The number of rotatable bonds is 9. The second-order valence-electron chi connectivity index (χ2n) is 12.6. The molecule has 3 aliphatic rings. The number of carbonyl (C=O) groups is 1. The van der Waals surface area contributed by atoms with Gasteiger partial charge >= 0.3 is 6.18 Å². The molecule has 0 atom stereocenters. The molecule has 3 saturated carbocycles. The maximum absolute atomic E-state index is 13.6. The summed E-state index contributed by atoms with van der Waals surface area (Å²) in [5.74, 6) is 0.916. The molecule has 3 fully saturated rings. The maximum Gasteiger partial charge on any atom is 0.416 e. The van der Waals surface area contributed by atoms with Gasteiger partial charge in [0, 0.05) is 35.2 Å². The van der Waals surface area contributed by atoms with E-state index in [2.05, 4.69) is 27.5 Å². The van der Waals surface area contributed by atoms with Gasteiger partial charge in [-0.1, -0.05) is 36.4 Å². The van der Waals surface area contributed by atoms with Gasteiger partial charge in [-0.2, -0.15) is 18.3 Å². The van der Waals surface area contributed by atoms with Crippen LogP contribution in [-0.4, -0.2) is 25.5 Å². The second kappa shape index (κ2) is 10.0. The summed E-state index contributed by atoms with van der Waals surface area (Å²) < 4.78 is 42.1. The van der Waals surface area contributed by atoms with Crippen LogP contribution >= 0.6 is 0 Å². The number of benzene rings is 3. The normalized spacial score (nSPS) is 17.5. The molecule has 2 aromatic heterocycles. The van der Waals surface area contributed by atoms with Crippen LogP contribution < -0.4 is 5.32 Å². The zero-order chi connectivity index (χ0) is 30.1. The van der Waals surface area contributed by atoms with Crippen molar-refractivity contribution in [2.24, 2.45) is 0 Å². The number of alkyl halides is 3. The molecule has 0 bridgehead atoms. The molecule has 6 nitrogen and oxygen atoms in total. The van der Waals surface area contributed by atoms with Crippen molar-refractivity contribution < 1.29 is 18.0 Å². The summed E-state index contributed by atoms with van der Waals surface area (Å²) in [5.41, 5.74) is 4.85. The number of nitrogens with one attached hydrogen (secondary N) is 1. The Bertz CT molecular complexity index is 1920. The van der Waals surface area contributed by atoms with E-state index in [1.807, 2.05) is 35.1 Å². The highest BCUT2D eigenvalue weighted by atomic mass is 19.4. The van der Waals surface area contributed by atoms with Crippen LogP contribution in [0.2, 0.25) is 0 Å². The third-order valence-electron chi connectivity index (χ3n) is 9.22. The molecular formula is C35H30F3N5O. The topological polar surface area (TPSA) is 72.7 Å². The van der Waals surface area contributed by atoms with Gasteiger partial charge in [0.25, 0.3) is 0 Å². The molecule has 44 heavy (non-hydrogen) atoms. The molecule has 9 heteroatoms. The van der Waals surface area contributed by atoms with Gasteiger partial charge < -0.3 is 5.32 Å². The summed E-state index contributed by atoms with van der Waals surface area (Å²) in [6.45, 7) is 0. The van der Waals surface area contributed by atoms with Gasteiger partial charge in [0.05, 0.1) is 29.0 Å². The smallest absolute Gasteiger partial charge is 0.321 e. The van der Waals surface area contributed by atoms with E-state index in [0.717, 1.165) is 59.5 Å². The largest absolute Gasteiger partial charge is 0.416 e. The predicted octanol–water partition coefficient (Wildman–Crippen LogP) is 8.77. The molecule has 5 aromatic rings. The molecule has 3 aromatic carbocycles. The average molecular weight is 594 g/mol. The molecule has 0 amide bonds. The number of halogens is 3. The number of ketones is 1. The first-order valence-electron chi connectivity index (χ1n) is 15.2. The number of anilines is 2. The van der Waals surface area contributed by atoms with Crippen molar-refractivity contribution in [3.63, 3.8) is 0 Å². The lowest BCUT2D eigenvalue weighted by Crippen LogP contribution is -2.15. The van der Waals surface area contributed by atoms with Crippen LogP contribution in [0.1, 0.15) is 84.0 Å². The molecule has 3 aliphatic carbocycles. The van der Waals surface area contributed by atoms with E-state index in [9.17, 15) is 18.0 Å². The molecule has 2 heterocycles. The Morgan fingerprint density at radius 1 is 0.977 bits per heavy atom. The lowest BCUT2D eigenvalue weighted by molar-refractivity contribution is -0.137. The van der Waals surface area contributed by atoms with Gasteiger partial charge in [-0.25, -0.2) is 9.97 Å². The number of hydrogen-bond acceptors (Lipinski definition) is 5. The first-order valence-corrected chi connectivity index (χ1v) is 15.2. The van der Waals surface area contributed by atoms with E-state index in [0.29, 0.717) is 41.9 Å². The highest BCUT2D eigenvalue weighted by molar-refractivity contribution is 5.99. The highest BCUT2D eigenvalue weighted by Crippen LogP contribution is 2.52. The molecule has 222 valence electrons. The van der Waals surface area contributed by atoms with Crippen LogP contribution in [-0.2, 0) is 11.6 Å². The first kappa shape index (κ1) is 27.0. The second-order valence-corrected chi connectivity index (χ2v) is 12.6. The van der Waals surface area contributed by atoms with Crippen molar-refractivity contribution in [3.05, 3.63) is 102 Å². The number of nitrogens with zero attached hydrogens (tertiary/aromatic N) is 4. The maximum atomic E-state index is 13.6. The fourth-order valence-corrected chi connectivity index (χ4v) is 6.21. The predicted molar refractivity (Wildman–Crippen MR) is 162 cm³/mol. The fourth-order valence-electron chi connectivity index (χ4n) is 6.21. The minimum absolute atomic E-state index is 0.0478. The Kier molecular flexibility index (Phi) is 6.15. The minimum atomic E-state index is -4.41. The van der Waals surface area contributed by atoms with Crippen LogP contribution in [0.15, 0.2) is 79.3 Å². The number of carbonyl (C=O) groups excluding carboxylic acids is 1. The Morgan fingerprint density at radius 2 is 1.82 bits per heavy atom. The summed E-state index contributed by atoms with van der Waals surface area (Å²) in [7, 11) is 0. The number of Topliss-reactive ketones (excluding diaryl/α,β-unsaturated/α-hetero) is 1. The van der Waals surface area contributed by atoms with E-state index < -0.39 is 17.2 Å². The van der Waals surface area contributed by atoms with Gasteiger partial charge in [0.2, 0.25) is 5.95 Å². The lowest BCUT2D eigenvalue weighted by atomic mass is 9.86. The Labute approximate surface area is 252 Å². The zero-order valence-electron chi connectivity index (χ0n) is 23.9. The van der Waals surface area contributed by atoms with Gasteiger partial charge in [-0.3, -0.25) is 9.48 Å². The molecule has 1 N–H and O–H groups in total. The van der Waals surface area contributed by atoms with Gasteiger partial charge in [0.15, 0.2) is 5.78 Å². The van der Waals surface area contributed by atoms with E-state index in [1.165, 1.54) is 17.7 Å². The average Bonchev–Trinajstić information content (AvgIpc) is 3.91. The van der Waals surface area contributed by atoms with Crippen LogP contribution in [0.25, 0.3) is 22.0 Å². The Balaban J connectivity index is 1.06. The summed E-state index contributed by atoms with van der Waals surface area (Å²) in [5, 5.41) is 8.55. The summed E-state index contributed by atoms with van der Waals surface area (Å²) >= 11 is 0. The molecule has 8 rings (SSSR count). The molecule has 0 saturated heterocycles. The quantitative estimate of drug-likeness (QED) is 0.173. The SMILES string of the molecule is O=C(CC1(c2cccc(C(F)(F)F)c2)CC1)c1ccc(C2CC2)c(-c2ccc3nc(Nc4cnn(C5CC5)c4)ncc3c2)c1. The number of aromatic nitrogens is 4. The summed E-state index contributed by atoms with van der Waals surface area (Å²) in [6.07, 6.45) is 7.31. The van der Waals surface area contributed by atoms with Crippen molar-refractivity contribution in [1.29, 1.82) is 0 Å². The van der Waals surface area contributed by atoms with E-state index >= 15 is 0 Å². The Morgan fingerprint density at radius 3 is 2.57 bits per heavy atom. The van der Waals surface area contributed by atoms with Gasteiger partial charge in [-0.15, -0.1) is 0 Å².